The topological polar surface area (TPSA) is 4.41 Å². The van der Waals surface area contributed by atoms with Gasteiger partial charge in [-0.25, -0.2) is 0 Å². The van der Waals surface area contributed by atoms with Crippen molar-refractivity contribution in [2.24, 2.45) is 11.8 Å². The molecule has 1 nitrogen and oxygen atoms in total. The van der Waals surface area contributed by atoms with Crippen LogP contribution >= 0.6 is 0 Å². The van der Waals surface area contributed by atoms with E-state index in [1.165, 1.54) is 29.5 Å². The van der Waals surface area contributed by atoms with Crippen LogP contribution in [0.5, 0.6) is 0 Å². The molecule has 0 fully saturated rings. The molecule has 2 aromatic heterocycles. The Hall–Kier alpha value is -1.24. The second kappa shape index (κ2) is 4.95. The zero-order chi connectivity index (χ0) is 12.4. The minimum absolute atomic E-state index is 0.718. The predicted octanol–water partition coefficient (Wildman–Crippen LogP) is 4.34. The lowest BCUT2D eigenvalue weighted by Crippen LogP contribution is -1.97. The van der Waals surface area contributed by atoms with Gasteiger partial charge < -0.3 is 4.40 Å². The first-order valence-electron chi connectivity index (χ1n) is 6.64. The lowest BCUT2D eigenvalue weighted by molar-refractivity contribution is 0.645. The van der Waals surface area contributed by atoms with Gasteiger partial charge in [-0.3, -0.25) is 0 Å². The smallest absolute Gasteiger partial charge is 0.0484 e. The maximum absolute atomic E-state index is 2.36. The number of pyridine rings is 1. The number of aromatic nitrogens is 1. The van der Waals surface area contributed by atoms with E-state index in [9.17, 15) is 0 Å². The van der Waals surface area contributed by atoms with Crippen molar-refractivity contribution in [2.75, 3.05) is 0 Å². The first kappa shape index (κ1) is 12.2. The Labute approximate surface area is 104 Å². The molecule has 0 unspecified atom stereocenters. The summed E-state index contributed by atoms with van der Waals surface area (Å²) in [6, 6.07) is 6.86. The molecule has 0 aliphatic rings. The molecule has 0 amide bonds. The van der Waals surface area contributed by atoms with Crippen LogP contribution in [0.4, 0.5) is 0 Å². The molecule has 0 aromatic carbocycles. The quantitative estimate of drug-likeness (QED) is 0.734. The van der Waals surface area contributed by atoms with E-state index in [-0.39, 0.29) is 0 Å². The molecule has 2 aromatic rings. The van der Waals surface area contributed by atoms with Crippen LogP contribution < -0.4 is 0 Å². The number of fused-ring (bicyclic) bond motifs is 1. The van der Waals surface area contributed by atoms with Gasteiger partial charge in [-0.05, 0) is 54.0 Å². The van der Waals surface area contributed by atoms with Crippen LogP contribution in [0.2, 0.25) is 0 Å². The van der Waals surface area contributed by atoms with Crippen LogP contribution in [0.15, 0.2) is 30.6 Å². The fraction of sp³-hybridized carbons (Fsp3) is 0.500. The van der Waals surface area contributed by atoms with Gasteiger partial charge in [0.2, 0.25) is 0 Å². The molecule has 0 N–H and O–H groups in total. The zero-order valence-electron chi connectivity index (χ0n) is 11.4. The summed E-state index contributed by atoms with van der Waals surface area (Å²) in [6.45, 7) is 9.11. The number of nitrogens with zero attached hydrogens (tertiary/aromatic N) is 1. The van der Waals surface area contributed by atoms with E-state index >= 15 is 0 Å². The summed E-state index contributed by atoms with van der Waals surface area (Å²) in [5.41, 5.74) is 4.32. The van der Waals surface area contributed by atoms with Crippen LogP contribution in [0.25, 0.3) is 5.52 Å². The molecule has 0 atom stereocenters. The lowest BCUT2D eigenvalue weighted by Gasteiger charge is -2.08. The number of hydrogen-bond acceptors (Lipinski definition) is 0. The third kappa shape index (κ3) is 2.91. The fourth-order valence-corrected chi connectivity index (χ4v) is 2.41. The van der Waals surface area contributed by atoms with E-state index in [0.717, 1.165) is 11.8 Å². The average molecular weight is 229 g/mol. The Kier molecular flexibility index (Phi) is 3.56. The molecule has 0 aliphatic carbocycles. The number of rotatable bonds is 4. The highest BCUT2D eigenvalue weighted by Crippen LogP contribution is 2.19. The Morgan fingerprint density at radius 2 is 1.59 bits per heavy atom. The second-order valence-corrected chi connectivity index (χ2v) is 5.86. The SMILES string of the molecule is CC(C)Cc1ccn2ccc(CC(C)C)c2c1. The normalized spacial score (nSPS) is 11.9. The summed E-state index contributed by atoms with van der Waals surface area (Å²) in [5.74, 6) is 1.44. The van der Waals surface area contributed by atoms with E-state index in [1.807, 2.05) is 0 Å². The summed E-state index contributed by atoms with van der Waals surface area (Å²) in [4.78, 5) is 0. The molecule has 2 heterocycles. The summed E-state index contributed by atoms with van der Waals surface area (Å²) < 4.78 is 2.24. The zero-order valence-corrected chi connectivity index (χ0v) is 11.4. The molecule has 0 radical (unpaired) electrons. The first-order chi connectivity index (χ1) is 8.06. The predicted molar refractivity (Wildman–Crippen MR) is 74.5 cm³/mol. The van der Waals surface area contributed by atoms with Crippen LogP contribution in [0.3, 0.4) is 0 Å². The van der Waals surface area contributed by atoms with Crippen molar-refractivity contribution in [3.63, 3.8) is 0 Å². The highest BCUT2D eigenvalue weighted by Gasteiger charge is 2.06. The van der Waals surface area contributed by atoms with Gasteiger partial charge in [0.1, 0.15) is 0 Å². The Balaban J connectivity index is 2.36. The fourth-order valence-electron chi connectivity index (χ4n) is 2.41. The second-order valence-electron chi connectivity index (χ2n) is 5.86. The highest BCUT2D eigenvalue weighted by atomic mass is 14.8. The van der Waals surface area contributed by atoms with Crippen molar-refractivity contribution in [1.82, 2.24) is 4.40 Å². The summed E-state index contributed by atoms with van der Waals surface area (Å²) in [7, 11) is 0. The van der Waals surface area contributed by atoms with Crippen molar-refractivity contribution in [1.29, 1.82) is 0 Å². The first-order valence-corrected chi connectivity index (χ1v) is 6.64. The maximum atomic E-state index is 2.36. The van der Waals surface area contributed by atoms with Gasteiger partial charge in [-0.2, -0.15) is 0 Å². The van der Waals surface area contributed by atoms with Gasteiger partial charge >= 0.3 is 0 Å². The maximum Gasteiger partial charge on any atom is 0.0484 e. The van der Waals surface area contributed by atoms with Gasteiger partial charge in [0.25, 0.3) is 0 Å². The monoisotopic (exact) mass is 229 g/mol. The third-order valence-corrected chi connectivity index (χ3v) is 3.09. The average Bonchev–Trinajstić information content (AvgIpc) is 2.59. The third-order valence-electron chi connectivity index (χ3n) is 3.09. The van der Waals surface area contributed by atoms with Gasteiger partial charge in [0.05, 0.1) is 0 Å². The lowest BCUT2D eigenvalue weighted by atomic mass is 10.0. The standard InChI is InChI=1S/C16H23N/c1-12(2)9-14-5-7-17-8-6-15(10-13(3)4)16(17)11-14/h5-8,11-13H,9-10H2,1-4H3. The number of hydrogen-bond donors (Lipinski definition) is 0. The molecule has 92 valence electrons. The Morgan fingerprint density at radius 3 is 2.24 bits per heavy atom. The van der Waals surface area contributed by atoms with Crippen LogP contribution in [0.1, 0.15) is 38.8 Å². The molecule has 0 saturated heterocycles. The van der Waals surface area contributed by atoms with Gasteiger partial charge in [-0.15, -0.1) is 0 Å². The highest BCUT2D eigenvalue weighted by molar-refractivity contribution is 5.57. The van der Waals surface area contributed by atoms with E-state index < -0.39 is 0 Å². The molecule has 1 heteroatoms. The molecular weight excluding hydrogens is 206 g/mol. The van der Waals surface area contributed by atoms with Crippen molar-refractivity contribution >= 4 is 5.52 Å². The van der Waals surface area contributed by atoms with Crippen molar-refractivity contribution in [3.05, 3.63) is 41.7 Å². The molecule has 0 spiro atoms. The van der Waals surface area contributed by atoms with Gasteiger partial charge in [-0.1, -0.05) is 27.7 Å². The van der Waals surface area contributed by atoms with Gasteiger partial charge in [0, 0.05) is 17.9 Å². The van der Waals surface area contributed by atoms with Crippen LogP contribution in [0, 0.1) is 11.8 Å². The minimum atomic E-state index is 0.718. The van der Waals surface area contributed by atoms with Crippen molar-refractivity contribution in [3.8, 4) is 0 Å². The molecule has 0 bridgehead atoms. The minimum Gasteiger partial charge on any atom is -0.324 e. The summed E-state index contributed by atoms with van der Waals surface area (Å²) in [6.07, 6.45) is 6.70. The molecule has 2 rings (SSSR count). The Morgan fingerprint density at radius 1 is 0.941 bits per heavy atom. The van der Waals surface area contributed by atoms with E-state index in [1.54, 1.807) is 0 Å². The van der Waals surface area contributed by atoms with Crippen LogP contribution in [-0.2, 0) is 12.8 Å². The molecule has 0 aliphatic heterocycles. The summed E-state index contributed by atoms with van der Waals surface area (Å²) >= 11 is 0. The molecular formula is C16H23N. The molecule has 0 saturated carbocycles. The van der Waals surface area contributed by atoms with E-state index in [0.29, 0.717) is 0 Å². The largest absolute Gasteiger partial charge is 0.324 e. The molecule has 17 heavy (non-hydrogen) atoms. The Bertz CT molecular complexity index is 491. The van der Waals surface area contributed by atoms with Crippen molar-refractivity contribution < 1.29 is 0 Å². The van der Waals surface area contributed by atoms with E-state index in [4.69, 9.17) is 0 Å². The van der Waals surface area contributed by atoms with Crippen molar-refractivity contribution in [2.45, 2.75) is 40.5 Å². The van der Waals surface area contributed by atoms with Crippen LogP contribution in [-0.4, -0.2) is 4.40 Å². The summed E-state index contributed by atoms with van der Waals surface area (Å²) in [5, 5.41) is 0. The van der Waals surface area contributed by atoms with E-state index in [2.05, 4.69) is 62.7 Å². The van der Waals surface area contributed by atoms with Gasteiger partial charge in [0.15, 0.2) is 0 Å².